The van der Waals surface area contributed by atoms with Gasteiger partial charge in [0.2, 0.25) is 11.8 Å². The number of piperazine rings is 1. The molecule has 0 aromatic heterocycles. The van der Waals surface area contributed by atoms with Crippen molar-refractivity contribution in [1.82, 2.24) is 15.5 Å². The van der Waals surface area contributed by atoms with E-state index in [4.69, 9.17) is 0 Å². The van der Waals surface area contributed by atoms with Crippen molar-refractivity contribution in [2.45, 2.75) is 30.7 Å². The molecular formula is C11H19N3O2S. The van der Waals surface area contributed by atoms with Gasteiger partial charge in [-0.25, -0.2) is 0 Å². The molecule has 2 N–H and O–H groups in total. The van der Waals surface area contributed by atoms with Crippen molar-refractivity contribution in [1.29, 1.82) is 0 Å². The maximum Gasteiger partial charge on any atom is 0.243 e. The summed E-state index contributed by atoms with van der Waals surface area (Å²) >= 11 is 1.80. The zero-order valence-electron chi connectivity index (χ0n) is 10.2. The highest BCUT2D eigenvalue weighted by atomic mass is 32.2. The average Bonchev–Trinajstić information content (AvgIpc) is 2.75. The van der Waals surface area contributed by atoms with Gasteiger partial charge in [-0.05, 0) is 12.7 Å². The fraction of sp³-hybridized carbons (Fsp3) is 0.818. The monoisotopic (exact) mass is 257 g/mol. The first-order valence-corrected chi connectivity index (χ1v) is 7.29. The lowest BCUT2D eigenvalue weighted by Gasteiger charge is -2.39. The predicted molar refractivity (Wildman–Crippen MR) is 67.9 cm³/mol. The predicted octanol–water partition coefficient (Wildman–Crippen LogP) is -0.573. The molecular weight excluding hydrogens is 238 g/mol. The van der Waals surface area contributed by atoms with E-state index in [1.165, 1.54) is 0 Å². The van der Waals surface area contributed by atoms with E-state index in [0.29, 0.717) is 11.8 Å². The second kappa shape index (κ2) is 5.37. The Kier molecular flexibility index (Phi) is 4.06. The fourth-order valence-corrected chi connectivity index (χ4v) is 3.52. The lowest BCUT2D eigenvalue weighted by atomic mass is 10.1. The van der Waals surface area contributed by atoms with Gasteiger partial charge in [0.25, 0.3) is 0 Å². The highest BCUT2D eigenvalue weighted by Gasteiger charge is 2.41. The van der Waals surface area contributed by atoms with Gasteiger partial charge in [0.15, 0.2) is 0 Å². The van der Waals surface area contributed by atoms with Gasteiger partial charge in [-0.3, -0.25) is 19.8 Å². The van der Waals surface area contributed by atoms with Crippen molar-refractivity contribution < 1.29 is 9.59 Å². The quantitative estimate of drug-likeness (QED) is 0.663. The van der Waals surface area contributed by atoms with Crippen molar-refractivity contribution in [3.63, 3.8) is 0 Å². The number of carbonyl (C=O) groups is 2. The van der Waals surface area contributed by atoms with Gasteiger partial charge in [-0.2, -0.15) is 11.8 Å². The minimum absolute atomic E-state index is 0.143. The number of imide groups is 1. The summed E-state index contributed by atoms with van der Waals surface area (Å²) in [4.78, 5) is 25.4. The summed E-state index contributed by atoms with van der Waals surface area (Å²) in [5.74, 6) is -0.318. The van der Waals surface area contributed by atoms with Crippen molar-refractivity contribution in [3.05, 3.63) is 0 Å². The van der Waals surface area contributed by atoms with Crippen LogP contribution in [0.3, 0.4) is 0 Å². The molecule has 2 fully saturated rings. The third-order valence-electron chi connectivity index (χ3n) is 3.54. The van der Waals surface area contributed by atoms with Crippen LogP contribution in [0.4, 0.5) is 0 Å². The second-order valence-corrected chi connectivity index (χ2v) is 5.59. The van der Waals surface area contributed by atoms with E-state index >= 15 is 0 Å². The van der Waals surface area contributed by atoms with Gasteiger partial charge < -0.3 is 5.32 Å². The van der Waals surface area contributed by atoms with E-state index in [9.17, 15) is 9.59 Å². The SMILES string of the molecule is CCC1C(=O)NC(=O)CN1C1CNCC1SC. The maximum atomic E-state index is 11.8. The van der Waals surface area contributed by atoms with Crippen LogP contribution in [-0.4, -0.2) is 59.9 Å². The number of nitrogens with zero attached hydrogens (tertiary/aromatic N) is 1. The molecule has 0 aromatic carbocycles. The molecule has 0 bridgehead atoms. The Labute approximate surface area is 106 Å². The maximum absolute atomic E-state index is 11.8. The third kappa shape index (κ3) is 2.48. The Morgan fingerprint density at radius 2 is 2.18 bits per heavy atom. The lowest BCUT2D eigenvalue weighted by molar-refractivity contribution is -0.141. The first-order chi connectivity index (χ1) is 8.17. The number of hydrogen-bond donors (Lipinski definition) is 2. The molecule has 0 aliphatic carbocycles. The topological polar surface area (TPSA) is 61.4 Å². The molecule has 0 aromatic rings. The van der Waals surface area contributed by atoms with Crippen LogP contribution in [0.2, 0.25) is 0 Å². The van der Waals surface area contributed by atoms with Crippen LogP contribution < -0.4 is 10.6 Å². The molecule has 3 atom stereocenters. The van der Waals surface area contributed by atoms with Gasteiger partial charge in [-0.15, -0.1) is 0 Å². The Balaban J connectivity index is 2.15. The molecule has 0 spiro atoms. The highest BCUT2D eigenvalue weighted by molar-refractivity contribution is 7.99. The number of nitrogens with one attached hydrogen (secondary N) is 2. The zero-order chi connectivity index (χ0) is 12.4. The Bertz CT molecular complexity index is 324. The van der Waals surface area contributed by atoms with E-state index in [1.807, 2.05) is 6.92 Å². The molecule has 2 aliphatic heterocycles. The van der Waals surface area contributed by atoms with Crippen LogP contribution >= 0.6 is 11.8 Å². The van der Waals surface area contributed by atoms with Crippen LogP contribution in [-0.2, 0) is 9.59 Å². The molecule has 2 heterocycles. The molecule has 5 nitrogen and oxygen atoms in total. The fourth-order valence-electron chi connectivity index (χ4n) is 2.67. The summed E-state index contributed by atoms with van der Waals surface area (Å²) in [5, 5.41) is 6.22. The minimum atomic E-state index is -0.175. The molecule has 2 rings (SSSR count). The van der Waals surface area contributed by atoms with Gasteiger partial charge in [0.05, 0.1) is 12.6 Å². The van der Waals surface area contributed by atoms with E-state index in [1.54, 1.807) is 11.8 Å². The summed E-state index contributed by atoms with van der Waals surface area (Å²) in [6.07, 6.45) is 2.83. The molecule has 2 amide bonds. The molecule has 6 heteroatoms. The van der Waals surface area contributed by atoms with Crippen LogP contribution in [0.15, 0.2) is 0 Å². The van der Waals surface area contributed by atoms with Crippen molar-refractivity contribution >= 4 is 23.6 Å². The molecule has 2 saturated heterocycles. The summed E-state index contributed by atoms with van der Waals surface area (Å²) in [6.45, 7) is 4.15. The summed E-state index contributed by atoms with van der Waals surface area (Å²) in [6, 6.07) is 0.122. The number of rotatable bonds is 3. The largest absolute Gasteiger partial charge is 0.314 e. The van der Waals surface area contributed by atoms with Gasteiger partial charge in [0.1, 0.15) is 0 Å². The van der Waals surface area contributed by atoms with Crippen LogP contribution in [0.25, 0.3) is 0 Å². The van der Waals surface area contributed by atoms with Crippen molar-refractivity contribution in [2.24, 2.45) is 0 Å². The van der Waals surface area contributed by atoms with E-state index < -0.39 is 0 Å². The first kappa shape index (κ1) is 12.9. The average molecular weight is 257 g/mol. The third-order valence-corrected chi connectivity index (χ3v) is 4.62. The molecule has 0 radical (unpaired) electrons. The Morgan fingerprint density at radius 3 is 2.82 bits per heavy atom. The standard InChI is InChI=1S/C11H19N3O2S/c1-3-7-11(16)13-10(15)6-14(7)8-4-12-5-9(8)17-2/h7-9,12H,3-6H2,1-2H3,(H,13,15,16). The normalized spacial score (nSPS) is 35.1. The summed E-state index contributed by atoms with van der Waals surface area (Å²) in [5.41, 5.74) is 0. The number of hydrogen-bond acceptors (Lipinski definition) is 5. The van der Waals surface area contributed by atoms with Gasteiger partial charge >= 0.3 is 0 Å². The van der Waals surface area contributed by atoms with E-state index in [2.05, 4.69) is 21.8 Å². The second-order valence-electron chi connectivity index (χ2n) is 4.51. The van der Waals surface area contributed by atoms with Gasteiger partial charge in [0, 0.05) is 24.4 Å². The Hall–Kier alpha value is -0.590. The molecule has 2 aliphatic rings. The molecule has 96 valence electrons. The van der Waals surface area contributed by atoms with Crippen LogP contribution in [0.1, 0.15) is 13.3 Å². The highest BCUT2D eigenvalue weighted by Crippen LogP contribution is 2.24. The first-order valence-electron chi connectivity index (χ1n) is 6.00. The summed E-state index contributed by atoms with van der Waals surface area (Å²) in [7, 11) is 0. The number of amides is 2. The smallest absolute Gasteiger partial charge is 0.243 e. The molecule has 17 heavy (non-hydrogen) atoms. The van der Waals surface area contributed by atoms with Crippen molar-refractivity contribution in [3.8, 4) is 0 Å². The zero-order valence-corrected chi connectivity index (χ0v) is 11.0. The van der Waals surface area contributed by atoms with E-state index in [-0.39, 0.29) is 23.9 Å². The van der Waals surface area contributed by atoms with Crippen LogP contribution in [0, 0.1) is 0 Å². The van der Waals surface area contributed by atoms with E-state index in [0.717, 1.165) is 19.5 Å². The molecule has 3 unspecified atom stereocenters. The Morgan fingerprint density at radius 1 is 1.41 bits per heavy atom. The van der Waals surface area contributed by atoms with Crippen LogP contribution in [0.5, 0.6) is 0 Å². The van der Waals surface area contributed by atoms with Crippen molar-refractivity contribution in [2.75, 3.05) is 25.9 Å². The number of carbonyl (C=O) groups excluding carboxylic acids is 2. The summed E-state index contributed by atoms with van der Waals surface area (Å²) < 4.78 is 0. The molecule has 0 saturated carbocycles. The minimum Gasteiger partial charge on any atom is -0.314 e. The lowest BCUT2D eigenvalue weighted by Crippen LogP contribution is -2.62. The van der Waals surface area contributed by atoms with Gasteiger partial charge in [-0.1, -0.05) is 6.92 Å². The number of thioether (sulfide) groups is 1.